The highest BCUT2D eigenvalue weighted by Crippen LogP contribution is 2.68. The first-order valence-electron chi connectivity index (χ1n) is 8.45. The summed E-state index contributed by atoms with van der Waals surface area (Å²) < 4.78 is 0. The second kappa shape index (κ2) is 4.25. The Kier molecular flexibility index (Phi) is 2.76. The fourth-order valence-electron chi connectivity index (χ4n) is 6.04. The van der Waals surface area contributed by atoms with Gasteiger partial charge in [-0.05, 0) is 84.5 Å². The fourth-order valence-corrected chi connectivity index (χ4v) is 6.04. The summed E-state index contributed by atoms with van der Waals surface area (Å²) in [5, 5.41) is 20.1. The van der Waals surface area contributed by atoms with E-state index in [1.165, 1.54) is 30.4 Å². The van der Waals surface area contributed by atoms with Crippen molar-refractivity contribution in [3.63, 3.8) is 0 Å². The van der Waals surface area contributed by atoms with E-state index < -0.39 is 0 Å². The molecule has 2 heteroatoms. The van der Waals surface area contributed by atoms with E-state index in [2.05, 4.69) is 19.9 Å². The maximum absolute atomic E-state index is 10.4. The Morgan fingerprint density at radius 3 is 2.67 bits per heavy atom. The zero-order valence-electron chi connectivity index (χ0n) is 13.1. The number of aryl methyl sites for hydroxylation is 1. The third kappa shape index (κ3) is 1.63. The summed E-state index contributed by atoms with van der Waals surface area (Å²) in [6, 6.07) is 5.97. The molecule has 3 aliphatic carbocycles. The summed E-state index contributed by atoms with van der Waals surface area (Å²) in [5.41, 5.74) is 3.36. The van der Waals surface area contributed by atoms with Gasteiger partial charge in [0.15, 0.2) is 0 Å². The monoisotopic (exact) mass is 286 g/mol. The van der Waals surface area contributed by atoms with Crippen LogP contribution in [0.5, 0.6) is 5.75 Å². The van der Waals surface area contributed by atoms with Crippen LogP contribution in [-0.2, 0) is 6.42 Å². The number of aromatic hydroxyl groups is 1. The Hall–Kier alpha value is -1.02. The van der Waals surface area contributed by atoms with Crippen molar-refractivity contribution in [2.45, 2.75) is 64.4 Å². The van der Waals surface area contributed by atoms with Crippen LogP contribution in [0.2, 0.25) is 0 Å². The van der Waals surface area contributed by atoms with Gasteiger partial charge in [-0.1, -0.05) is 19.9 Å². The van der Waals surface area contributed by atoms with Crippen molar-refractivity contribution in [2.24, 2.45) is 16.7 Å². The molecule has 1 aromatic rings. The standard InChI is InChI=1S/C19H26O2/c1-18-9-7-12-11-13(20)3-4-14(12)15(18)5-6-16-17(21)8-10-19(16,18)2/h3-4,11,15-17,20-21H,5-10H2,1-2H3/t15?,16-,17-,18-,19-/m0/s1. The van der Waals surface area contributed by atoms with E-state index in [1.807, 2.05) is 12.1 Å². The molecule has 2 fully saturated rings. The average Bonchev–Trinajstić information content (AvgIpc) is 2.76. The van der Waals surface area contributed by atoms with Crippen LogP contribution in [0.1, 0.15) is 63.0 Å². The van der Waals surface area contributed by atoms with Gasteiger partial charge >= 0.3 is 0 Å². The van der Waals surface area contributed by atoms with Crippen molar-refractivity contribution in [3.8, 4) is 5.75 Å². The molecule has 0 spiro atoms. The van der Waals surface area contributed by atoms with Crippen LogP contribution in [0.3, 0.4) is 0 Å². The fraction of sp³-hybridized carbons (Fsp3) is 0.684. The number of aliphatic hydroxyl groups excluding tert-OH is 1. The quantitative estimate of drug-likeness (QED) is 0.757. The molecule has 21 heavy (non-hydrogen) atoms. The van der Waals surface area contributed by atoms with Crippen molar-refractivity contribution in [1.29, 1.82) is 0 Å². The maximum atomic E-state index is 10.4. The van der Waals surface area contributed by atoms with E-state index in [1.54, 1.807) is 0 Å². The van der Waals surface area contributed by atoms with E-state index in [0.29, 0.717) is 17.6 Å². The topological polar surface area (TPSA) is 40.5 Å². The van der Waals surface area contributed by atoms with Crippen molar-refractivity contribution in [1.82, 2.24) is 0 Å². The van der Waals surface area contributed by atoms with Gasteiger partial charge in [-0.2, -0.15) is 0 Å². The Bertz CT molecular complexity index is 581. The van der Waals surface area contributed by atoms with Crippen LogP contribution < -0.4 is 0 Å². The molecule has 0 bridgehead atoms. The van der Waals surface area contributed by atoms with Crippen LogP contribution in [0.15, 0.2) is 18.2 Å². The molecule has 0 radical (unpaired) electrons. The molecule has 2 nitrogen and oxygen atoms in total. The highest BCUT2D eigenvalue weighted by molar-refractivity contribution is 5.41. The number of fused-ring (bicyclic) bond motifs is 5. The lowest BCUT2D eigenvalue weighted by molar-refractivity contribution is -0.0733. The van der Waals surface area contributed by atoms with Gasteiger partial charge in [-0.25, -0.2) is 0 Å². The zero-order chi connectivity index (χ0) is 14.8. The van der Waals surface area contributed by atoms with Crippen LogP contribution in [-0.4, -0.2) is 16.3 Å². The largest absolute Gasteiger partial charge is 0.508 e. The molecular formula is C19H26O2. The molecule has 0 amide bonds. The van der Waals surface area contributed by atoms with Gasteiger partial charge in [-0.15, -0.1) is 0 Å². The van der Waals surface area contributed by atoms with Crippen molar-refractivity contribution in [2.75, 3.05) is 0 Å². The molecule has 0 aromatic heterocycles. The minimum absolute atomic E-state index is 0.0889. The third-order valence-electron chi connectivity index (χ3n) is 7.50. The predicted octanol–water partition coefficient (Wildman–Crippen LogP) is 4.00. The number of hydrogen-bond acceptors (Lipinski definition) is 2. The van der Waals surface area contributed by atoms with Crippen molar-refractivity contribution >= 4 is 0 Å². The zero-order valence-corrected chi connectivity index (χ0v) is 13.1. The van der Waals surface area contributed by atoms with Gasteiger partial charge in [0, 0.05) is 0 Å². The SMILES string of the molecule is C[C@]12CCc3cc(O)ccc3C1CC[C@H]1[C@@H](O)CC[C@@]12C. The number of phenols is 1. The average molecular weight is 286 g/mol. The smallest absolute Gasteiger partial charge is 0.115 e. The van der Waals surface area contributed by atoms with Crippen LogP contribution in [0, 0.1) is 16.7 Å². The lowest BCUT2D eigenvalue weighted by Crippen LogP contribution is -2.51. The molecule has 5 atom stereocenters. The molecule has 3 aliphatic rings. The van der Waals surface area contributed by atoms with E-state index in [9.17, 15) is 10.2 Å². The minimum Gasteiger partial charge on any atom is -0.508 e. The Morgan fingerprint density at radius 2 is 1.86 bits per heavy atom. The van der Waals surface area contributed by atoms with Crippen LogP contribution in [0.4, 0.5) is 0 Å². The normalized spacial score (nSPS) is 44.8. The summed E-state index contributed by atoms with van der Waals surface area (Å²) in [7, 11) is 0. The Labute approximate surface area is 127 Å². The molecular weight excluding hydrogens is 260 g/mol. The number of benzene rings is 1. The summed E-state index contributed by atoms with van der Waals surface area (Å²) in [6.45, 7) is 4.91. The molecule has 114 valence electrons. The molecule has 2 N–H and O–H groups in total. The summed E-state index contributed by atoms with van der Waals surface area (Å²) >= 11 is 0. The second-order valence-corrected chi connectivity index (χ2v) is 8.06. The number of rotatable bonds is 0. The number of hydrogen-bond donors (Lipinski definition) is 2. The van der Waals surface area contributed by atoms with Gasteiger partial charge in [0.1, 0.15) is 5.75 Å². The predicted molar refractivity (Wildman–Crippen MR) is 83.3 cm³/mol. The molecule has 1 aromatic carbocycles. The second-order valence-electron chi connectivity index (χ2n) is 8.06. The minimum atomic E-state index is -0.0889. The molecule has 2 saturated carbocycles. The molecule has 0 aliphatic heterocycles. The molecule has 0 saturated heterocycles. The summed E-state index contributed by atoms with van der Waals surface area (Å²) in [4.78, 5) is 0. The highest BCUT2D eigenvalue weighted by Gasteiger charge is 2.61. The number of aliphatic hydroxyl groups is 1. The number of phenolic OH excluding ortho intramolecular Hbond substituents is 1. The van der Waals surface area contributed by atoms with E-state index >= 15 is 0 Å². The van der Waals surface area contributed by atoms with E-state index in [-0.39, 0.29) is 16.9 Å². The van der Waals surface area contributed by atoms with Gasteiger partial charge < -0.3 is 10.2 Å². The first-order chi connectivity index (χ1) is 9.96. The first kappa shape index (κ1) is 13.6. The Balaban J connectivity index is 1.81. The summed E-state index contributed by atoms with van der Waals surface area (Å²) in [5.74, 6) is 1.47. The van der Waals surface area contributed by atoms with Crippen LogP contribution in [0.25, 0.3) is 0 Å². The van der Waals surface area contributed by atoms with Gasteiger partial charge in [0.25, 0.3) is 0 Å². The van der Waals surface area contributed by atoms with Crippen LogP contribution >= 0.6 is 0 Å². The molecule has 1 unspecified atom stereocenters. The van der Waals surface area contributed by atoms with Gasteiger partial charge in [0.2, 0.25) is 0 Å². The first-order valence-corrected chi connectivity index (χ1v) is 8.45. The van der Waals surface area contributed by atoms with Gasteiger partial charge in [0.05, 0.1) is 6.10 Å². The van der Waals surface area contributed by atoms with E-state index in [0.717, 1.165) is 19.3 Å². The van der Waals surface area contributed by atoms with Gasteiger partial charge in [-0.3, -0.25) is 0 Å². The lowest BCUT2D eigenvalue weighted by Gasteiger charge is -2.59. The van der Waals surface area contributed by atoms with Crippen molar-refractivity contribution in [3.05, 3.63) is 29.3 Å². The van der Waals surface area contributed by atoms with Crippen molar-refractivity contribution < 1.29 is 10.2 Å². The lowest BCUT2D eigenvalue weighted by atomic mass is 9.45. The maximum Gasteiger partial charge on any atom is 0.115 e. The molecule has 4 rings (SSSR count). The Morgan fingerprint density at radius 1 is 1.05 bits per heavy atom. The van der Waals surface area contributed by atoms with E-state index in [4.69, 9.17) is 0 Å². The summed E-state index contributed by atoms with van der Waals surface area (Å²) in [6.07, 6.45) is 6.65. The molecule has 0 heterocycles. The highest BCUT2D eigenvalue weighted by atomic mass is 16.3. The third-order valence-corrected chi connectivity index (χ3v) is 7.50.